The van der Waals surface area contributed by atoms with Crippen molar-refractivity contribution >= 4 is 11.3 Å². The van der Waals surface area contributed by atoms with Gasteiger partial charge in [0.25, 0.3) is 0 Å². The molecule has 0 aliphatic heterocycles. The largest absolute Gasteiger partial charge is 0.334 e. The van der Waals surface area contributed by atoms with Crippen LogP contribution in [0.3, 0.4) is 0 Å². The van der Waals surface area contributed by atoms with Crippen LogP contribution in [-0.4, -0.2) is 9.55 Å². The molecule has 1 N–H and O–H groups in total. The Morgan fingerprint density at radius 2 is 2.21 bits per heavy atom. The Bertz CT molecular complexity index is 527. The lowest BCUT2D eigenvalue weighted by Crippen LogP contribution is -2.20. The average Bonchev–Trinajstić information content (AvgIpc) is 2.93. The third-order valence-corrected chi connectivity index (χ3v) is 4.36. The summed E-state index contributed by atoms with van der Waals surface area (Å²) in [5.74, 6) is 1.12. The number of aryl methyl sites for hydroxylation is 3. The van der Waals surface area contributed by atoms with E-state index in [1.54, 1.807) is 0 Å². The lowest BCUT2D eigenvalue weighted by atomic mass is 10.1. The van der Waals surface area contributed by atoms with Crippen LogP contribution in [0.25, 0.3) is 0 Å². The zero-order valence-corrected chi connectivity index (χ0v) is 13.0. The van der Waals surface area contributed by atoms with Gasteiger partial charge in [-0.1, -0.05) is 6.92 Å². The highest BCUT2D eigenvalue weighted by molar-refractivity contribution is 7.12. The van der Waals surface area contributed by atoms with Gasteiger partial charge in [0, 0.05) is 34.7 Å². The molecule has 2 rings (SSSR count). The quantitative estimate of drug-likeness (QED) is 0.870. The van der Waals surface area contributed by atoms with E-state index in [1.807, 2.05) is 17.5 Å². The molecule has 1 atom stereocenters. The number of aromatic nitrogens is 2. The molecule has 4 heteroatoms. The van der Waals surface area contributed by atoms with Crippen LogP contribution in [0.15, 0.2) is 18.5 Å². The first-order valence-electron chi connectivity index (χ1n) is 6.92. The lowest BCUT2D eigenvalue weighted by Gasteiger charge is -2.14. The standard InChI is InChI=1S/C15H23N3S/c1-5-7-18-8-6-16-15(18)10-17-12(3)14-9-11(2)19-13(14)4/h6,8-9,12,17H,5,7,10H2,1-4H3. The van der Waals surface area contributed by atoms with Crippen LogP contribution in [0.5, 0.6) is 0 Å². The van der Waals surface area contributed by atoms with Gasteiger partial charge in [0.1, 0.15) is 5.82 Å². The van der Waals surface area contributed by atoms with E-state index in [1.165, 1.54) is 15.3 Å². The highest BCUT2D eigenvalue weighted by Crippen LogP contribution is 2.26. The summed E-state index contributed by atoms with van der Waals surface area (Å²) in [6, 6.07) is 2.66. The summed E-state index contributed by atoms with van der Waals surface area (Å²) in [7, 11) is 0. The first-order chi connectivity index (χ1) is 9.11. The van der Waals surface area contributed by atoms with Gasteiger partial charge in [-0.2, -0.15) is 0 Å². The summed E-state index contributed by atoms with van der Waals surface area (Å²) >= 11 is 1.87. The van der Waals surface area contributed by atoms with Crippen molar-refractivity contribution in [3.8, 4) is 0 Å². The number of thiophene rings is 1. The van der Waals surface area contributed by atoms with Crippen LogP contribution < -0.4 is 5.32 Å². The summed E-state index contributed by atoms with van der Waals surface area (Å²) in [5, 5.41) is 3.58. The molecule has 104 valence electrons. The number of imidazole rings is 1. The molecule has 3 nitrogen and oxygen atoms in total. The molecule has 0 aromatic carbocycles. The van der Waals surface area contributed by atoms with Crippen molar-refractivity contribution in [1.82, 2.24) is 14.9 Å². The molecular formula is C15H23N3S. The van der Waals surface area contributed by atoms with Crippen molar-refractivity contribution in [3.05, 3.63) is 39.6 Å². The van der Waals surface area contributed by atoms with Crippen molar-refractivity contribution in [3.63, 3.8) is 0 Å². The third-order valence-electron chi connectivity index (χ3n) is 3.38. The smallest absolute Gasteiger partial charge is 0.122 e. The topological polar surface area (TPSA) is 29.9 Å². The summed E-state index contributed by atoms with van der Waals surface area (Å²) in [6.45, 7) is 10.6. The second-order valence-electron chi connectivity index (χ2n) is 5.01. The molecule has 1 unspecified atom stereocenters. The SMILES string of the molecule is CCCn1ccnc1CNC(C)c1cc(C)sc1C. The molecule has 0 aliphatic rings. The Labute approximate surface area is 119 Å². The molecule has 19 heavy (non-hydrogen) atoms. The van der Waals surface area contributed by atoms with Crippen LogP contribution in [0.1, 0.15) is 47.5 Å². The Kier molecular flexibility index (Phi) is 4.77. The van der Waals surface area contributed by atoms with Crippen LogP contribution in [0, 0.1) is 13.8 Å². The number of hydrogen-bond acceptors (Lipinski definition) is 3. The fourth-order valence-electron chi connectivity index (χ4n) is 2.39. The van der Waals surface area contributed by atoms with E-state index in [4.69, 9.17) is 0 Å². The molecule has 0 aliphatic carbocycles. The fraction of sp³-hybridized carbons (Fsp3) is 0.533. The van der Waals surface area contributed by atoms with Gasteiger partial charge in [0.05, 0.1) is 6.54 Å². The Morgan fingerprint density at radius 1 is 1.42 bits per heavy atom. The first kappa shape index (κ1) is 14.3. The van der Waals surface area contributed by atoms with Gasteiger partial charge in [-0.05, 0) is 38.8 Å². The van der Waals surface area contributed by atoms with Gasteiger partial charge < -0.3 is 9.88 Å². The van der Waals surface area contributed by atoms with Gasteiger partial charge in [0.15, 0.2) is 0 Å². The van der Waals surface area contributed by atoms with Gasteiger partial charge in [-0.15, -0.1) is 11.3 Å². The van der Waals surface area contributed by atoms with Crippen LogP contribution in [-0.2, 0) is 13.1 Å². The fourth-order valence-corrected chi connectivity index (χ4v) is 3.41. The molecule has 0 spiro atoms. The first-order valence-corrected chi connectivity index (χ1v) is 7.73. The van der Waals surface area contributed by atoms with Crippen LogP contribution in [0.2, 0.25) is 0 Å². The minimum absolute atomic E-state index is 0.372. The molecule has 0 amide bonds. The van der Waals surface area contributed by atoms with E-state index < -0.39 is 0 Å². The number of hydrogen-bond donors (Lipinski definition) is 1. The van der Waals surface area contributed by atoms with E-state index in [0.717, 1.165) is 25.3 Å². The predicted octanol–water partition coefficient (Wildman–Crippen LogP) is 3.82. The highest BCUT2D eigenvalue weighted by atomic mass is 32.1. The summed E-state index contributed by atoms with van der Waals surface area (Å²) in [4.78, 5) is 7.23. The molecular weight excluding hydrogens is 254 g/mol. The molecule has 0 fully saturated rings. The van der Waals surface area contributed by atoms with E-state index in [9.17, 15) is 0 Å². The Balaban J connectivity index is 1.98. The van der Waals surface area contributed by atoms with Crippen molar-refractivity contribution in [1.29, 1.82) is 0 Å². The average molecular weight is 277 g/mol. The molecule has 2 aromatic rings. The molecule has 0 saturated heterocycles. The van der Waals surface area contributed by atoms with Crippen LogP contribution >= 0.6 is 11.3 Å². The van der Waals surface area contributed by atoms with Crippen molar-refractivity contribution in [2.75, 3.05) is 0 Å². The van der Waals surface area contributed by atoms with Gasteiger partial charge in [0.2, 0.25) is 0 Å². The Morgan fingerprint density at radius 3 is 2.84 bits per heavy atom. The second-order valence-corrected chi connectivity index (χ2v) is 6.47. The summed E-state index contributed by atoms with van der Waals surface area (Å²) < 4.78 is 2.23. The number of rotatable bonds is 6. The molecule has 0 saturated carbocycles. The molecule has 2 aromatic heterocycles. The second kappa shape index (κ2) is 6.35. The number of nitrogens with one attached hydrogen (secondary N) is 1. The predicted molar refractivity (Wildman–Crippen MR) is 81.6 cm³/mol. The molecule has 0 radical (unpaired) electrons. The van der Waals surface area contributed by atoms with Gasteiger partial charge in [-0.25, -0.2) is 4.98 Å². The Hall–Kier alpha value is -1.13. The normalized spacial score (nSPS) is 12.8. The monoisotopic (exact) mass is 277 g/mol. The maximum atomic E-state index is 4.43. The van der Waals surface area contributed by atoms with E-state index >= 15 is 0 Å². The maximum absolute atomic E-state index is 4.43. The van der Waals surface area contributed by atoms with Crippen LogP contribution in [0.4, 0.5) is 0 Å². The van der Waals surface area contributed by atoms with E-state index in [2.05, 4.69) is 54.8 Å². The van der Waals surface area contributed by atoms with Crippen molar-refractivity contribution in [2.45, 2.75) is 53.2 Å². The highest BCUT2D eigenvalue weighted by Gasteiger charge is 2.11. The molecule has 0 bridgehead atoms. The van der Waals surface area contributed by atoms with E-state index in [0.29, 0.717) is 6.04 Å². The van der Waals surface area contributed by atoms with Crippen molar-refractivity contribution in [2.24, 2.45) is 0 Å². The number of nitrogens with zero attached hydrogens (tertiary/aromatic N) is 2. The van der Waals surface area contributed by atoms with E-state index in [-0.39, 0.29) is 0 Å². The minimum Gasteiger partial charge on any atom is -0.334 e. The summed E-state index contributed by atoms with van der Waals surface area (Å²) in [6.07, 6.45) is 5.09. The molecule has 2 heterocycles. The van der Waals surface area contributed by atoms with Gasteiger partial charge in [-0.3, -0.25) is 0 Å². The lowest BCUT2D eigenvalue weighted by molar-refractivity contribution is 0.531. The maximum Gasteiger partial charge on any atom is 0.122 e. The zero-order valence-electron chi connectivity index (χ0n) is 12.2. The summed E-state index contributed by atoms with van der Waals surface area (Å²) in [5.41, 5.74) is 1.41. The zero-order chi connectivity index (χ0) is 13.8. The van der Waals surface area contributed by atoms with Gasteiger partial charge >= 0.3 is 0 Å². The minimum atomic E-state index is 0.372. The third kappa shape index (κ3) is 3.45. The van der Waals surface area contributed by atoms with Crippen molar-refractivity contribution < 1.29 is 0 Å².